The van der Waals surface area contributed by atoms with Gasteiger partial charge in [0.1, 0.15) is 11.7 Å². The van der Waals surface area contributed by atoms with Crippen LogP contribution in [0.3, 0.4) is 0 Å². The maximum atomic E-state index is 14.2. The monoisotopic (exact) mass is 614 g/mol. The van der Waals surface area contributed by atoms with Gasteiger partial charge >= 0.3 is 0 Å². The Morgan fingerprint density at radius 2 is 1.47 bits per heavy atom. The summed E-state index contributed by atoms with van der Waals surface area (Å²) in [6.45, 7) is 11.7. The van der Waals surface area contributed by atoms with E-state index in [4.69, 9.17) is 9.47 Å². The molecule has 4 rings (SSSR count). The minimum Gasteiger partial charge on any atom is -0.493 e. The number of anilines is 2. The third-order valence-electron chi connectivity index (χ3n) is 8.71. The highest BCUT2D eigenvalue weighted by molar-refractivity contribution is 6.10. The standard InChI is InChI=1S/C37H46N2O6/c1-8-9-10-17-45-30-16-15-26(20-31(30)44-7)32-33(35(41)38-27-18-22(2)11-13-24(27)4)29(40)21-37(6,43)34(32)36(42)39-28-19-23(3)12-14-25(28)5/h11-16,18-20,32-34,43H,8-10,17,21H2,1-7H3,(H,38,41)(H,39,42). The predicted octanol–water partition coefficient (Wildman–Crippen LogP) is 6.82. The number of ketones is 1. The van der Waals surface area contributed by atoms with Crippen molar-refractivity contribution in [3.8, 4) is 11.5 Å². The second-order valence-electron chi connectivity index (χ2n) is 12.6. The Hall–Kier alpha value is -4.17. The molecule has 8 heteroatoms. The largest absolute Gasteiger partial charge is 0.493 e. The van der Waals surface area contributed by atoms with Gasteiger partial charge in [0, 0.05) is 23.7 Å². The number of amides is 2. The fourth-order valence-electron chi connectivity index (χ4n) is 6.20. The SMILES string of the molecule is CCCCCOc1ccc(C2C(C(=O)Nc3cc(C)ccc3C)C(=O)CC(C)(O)C2C(=O)Nc2cc(C)ccc2C)cc1OC. The summed E-state index contributed by atoms with van der Waals surface area (Å²) < 4.78 is 11.7. The Balaban J connectivity index is 1.81. The lowest BCUT2D eigenvalue weighted by molar-refractivity contribution is -0.150. The van der Waals surface area contributed by atoms with E-state index in [-0.39, 0.29) is 6.42 Å². The lowest BCUT2D eigenvalue weighted by atomic mass is 9.61. The molecule has 0 spiro atoms. The van der Waals surface area contributed by atoms with Crippen LogP contribution in [0.15, 0.2) is 54.6 Å². The molecule has 4 unspecified atom stereocenters. The van der Waals surface area contributed by atoms with E-state index in [0.29, 0.717) is 35.0 Å². The summed E-state index contributed by atoms with van der Waals surface area (Å²) in [5.74, 6) is -3.90. The molecule has 0 radical (unpaired) electrons. The number of hydrogen-bond donors (Lipinski definition) is 3. The normalized spacial score (nSPS) is 21.2. The van der Waals surface area contributed by atoms with E-state index in [1.165, 1.54) is 14.0 Å². The Morgan fingerprint density at radius 1 is 0.867 bits per heavy atom. The van der Waals surface area contributed by atoms with Crippen molar-refractivity contribution in [1.82, 2.24) is 0 Å². The average molecular weight is 615 g/mol. The van der Waals surface area contributed by atoms with Crippen LogP contribution in [0.2, 0.25) is 0 Å². The summed E-state index contributed by atoms with van der Waals surface area (Å²) >= 11 is 0. The molecule has 45 heavy (non-hydrogen) atoms. The number of nitrogens with one attached hydrogen (secondary N) is 2. The van der Waals surface area contributed by atoms with Crippen molar-refractivity contribution in [2.45, 2.75) is 78.7 Å². The molecule has 1 fully saturated rings. The number of carbonyl (C=O) groups excluding carboxylic acids is 3. The van der Waals surface area contributed by atoms with Crippen LogP contribution in [0.1, 0.15) is 73.3 Å². The number of hydrogen-bond acceptors (Lipinski definition) is 6. The van der Waals surface area contributed by atoms with E-state index >= 15 is 0 Å². The lowest BCUT2D eigenvalue weighted by Gasteiger charge is -2.44. The van der Waals surface area contributed by atoms with E-state index in [0.717, 1.165) is 41.5 Å². The van der Waals surface area contributed by atoms with Crippen LogP contribution >= 0.6 is 0 Å². The molecule has 0 heterocycles. The Morgan fingerprint density at radius 3 is 2.04 bits per heavy atom. The molecule has 4 atom stereocenters. The molecule has 3 aromatic carbocycles. The van der Waals surface area contributed by atoms with Gasteiger partial charge in [0.15, 0.2) is 11.5 Å². The predicted molar refractivity (Wildman–Crippen MR) is 177 cm³/mol. The zero-order valence-electron chi connectivity index (χ0n) is 27.5. The highest BCUT2D eigenvalue weighted by Gasteiger charge is 2.56. The van der Waals surface area contributed by atoms with Crippen molar-refractivity contribution >= 4 is 29.0 Å². The van der Waals surface area contributed by atoms with E-state index in [1.807, 2.05) is 64.1 Å². The van der Waals surface area contributed by atoms with Crippen LogP contribution in [0.25, 0.3) is 0 Å². The fraction of sp³-hybridized carbons (Fsp3) is 0.432. The minimum atomic E-state index is -1.73. The second kappa shape index (κ2) is 14.3. The van der Waals surface area contributed by atoms with Crippen molar-refractivity contribution in [1.29, 1.82) is 0 Å². The van der Waals surface area contributed by atoms with Gasteiger partial charge in [0.2, 0.25) is 11.8 Å². The van der Waals surface area contributed by atoms with E-state index in [2.05, 4.69) is 17.6 Å². The van der Waals surface area contributed by atoms with Gasteiger partial charge in [-0.05, 0) is 93.1 Å². The van der Waals surface area contributed by atoms with Crippen LogP contribution in [-0.4, -0.2) is 42.0 Å². The number of methoxy groups -OCH3 is 1. The molecule has 1 aliphatic rings. The third-order valence-corrected chi connectivity index (χ3v) is 8.71. The molecule has 2 amide bonds. The second-order valence-corrected chi connectivity index (χ2v) is 12.6. The number of rotatable bonds is 11. The maximum absolute atomic E-state index is 14.2. The lowest BCUT2D eigenvalue weighted by Crippen LogP contribution is -2.56. The van der Waals surface area contributed by atoms with Gasteiger partial charge in [-0.2, -0.15) is 0 Å². The molecular weight excluding hydrogens is 568 g/mol. The number of Topliss-reactive ketones (excluding diaryl/α,β-unsaturated/α-hetero) is 1. The molecule has 240 valence electrons. The van der Waals surface area contributed by atoms with Crippen LogP contribution in [-0.2, 0) is 14.4 Å². The van der Waals surface area contributed by atoms with Crippen LogP contribution in [0.4, 0.5) is 11.4 Å². The summed E-state index contributed by atoms with van der Waals surface area (Å²) in [5, 5.41) is 17.7. The zero-order chi connectivity index (χ0) is 32.9. The molecule has 1 aliphatic carbocycles. The number of ether oxygens (including phenoxy) is 2. The molecule has 0 aliphatic heterocycles. The van der Waals surface area contributed by atoms with Gasteiger partial charge in [0.05, 0.1) is 25.2 Å². The Labute approximate surface area is 266 Å². The molecule has 3 aromatic rings. The summed E-state index contributed by atoms with van der Waals surface area (Å²) in [6, 6.07) is 16.6. The topological polar surface area (TPSA) is 114 Å². The summed E-state index contributed by atoms with van der Waals surface area (Å²) in [7, 11) is 1.52. The average Bonchev–Trinajstić information content (AvgIpc) is 2.98. The van der Waals surface area contributed by atoms with Gasteiger partial charge in [-0.25, -0.2) is 0 Å². The molecule has 0 aromatic heterocycles. The van der Waals surface area contributed by atoms with Crippen molar-refractivity contribution in [3.05, 3.63) is 82.4 Å². The van der Waals surface area contributed by atoms with Crippen molar-refractivity contribution in [2.24, 2.45) is 11.8 Å². The van der Waals surface area contributed by atoms with Crippen molar-refractivity contribution in [3.63, 3.8) is 0 Å². The Bertz CT molecular complexity index is 1560. The summed E-state index contributed by atoms with van der Waals surface area (Å²) in [6.07, 6.45) is 2.64. The van der Waals surface area contributed by atoms with Crippen LogP contribution < -0.4 is 20.1 Å². The summed E-state index contributed by atoms with van der Waals surface area (Å²) in [5.41, 5.74) is 3.60. The number of aryl methyl sites for hydroxylation is 4. The van der Waals surface area contributed by atoms with Crippen molar-refractivity contribution in [2.75, 3.05) is 24.4 Å². The van der Waals surface area contributed by atoms with Gasteiger partial charge < -0.3 is 25.2 Å². The van der Waals surface area contributed by atoms with Gasteiger partial charge in [-0.15, -0.1) is 0 Å². The highest BCUT2D eigenvalue weighted by Crippen LogP contribution is 2.48. The molecule has 1 saturated carbocycles. The first kappa shape index (κ1) is 33.7. The first-order valence-corrected chi connectivity index (χ1v) is 15.7. The molecule has 0 bridgehead atoms. The molecule has 3 N–H and O–H groups in total. The fourth-order valence-corrected chi connectivity index (χ4v) is 6.20. The van der Waals surface area contributed by atoms with E-state index in [9.17, 15) is 19.5 Å². The van der Waals surface area contributed by atoms with Gasteiger partial charge in [-0.1, -0.05) is 50.1 Å². The van der Waals surface area contributed by atoms with Crippen LogP contribution in [0, 0.1) is 39.5 Å². The third kappa shape index (κ3) is 7.74. The number of benzene rings is 3. The Kier molecular flexibility index (Phi) is 10.7. The molecule has 8 nitrogen and oxygen atoms in total. The van der Waals surface area contributed by atoms with Crippen LogP contribution in [0.5, 0.6) is 11.5 Å². The molecule has 0 saturated heterocycles. The molecular formula is C37H46N2O6. The zero-order valence-corrected chi connectivity index (χ0v) is 27.5. The number of unbranched alkanes of at least 4 members (excludes halogenated alkanes) is 2. The number of aliphatic hydroxyl groups is 1. The minimum absolute atomic E-state index is 0.352. The summed E-state index contributed by atoms with van der Waals surface area (Å²) in [4.78, 5) is 42.1. The highest BCUT2D eigenvalue weighted by atomic mass is 16.5. The quantitative estimate of drug-likeness (QED) is 0.161. The smallest absolute Gasteiger partial charge is 0.235 e. The first-order chi connectivity index (χ1) is 21.4. The van der Waals surface area contributed by atoms with E-state index in [1.54, 1.807) is 18.2 Å². The first-order valence-electron chi connectivity index (χ1n) is 15.7. The maximum Gasteiger partial charge on any atom is 0.235 e. The van der Waals surface area contributed by atoms with Crippen molar-refractivity contribution < 1.29 is 29.0 Å². The van der Waals surface area contributed by atoms with Gasteiger partial charge in [0.25, 0.3) is 0 Å². The van der Waals surface area contributed by atoms with E-state index < -0.39 is 41.0 Å². The number of carbonyl (C=O) groups is 3. The van der Waals surface area contributed by atoms with Gasteiger partial charge in [-0.3, -0.25) is 14.4 Å².